The Morgan fingerprint density at radius 2 is 2.05 bits per heavy atom. The number of thiocarbonyl (C=S) groups is 1. The molecule has 4 nitrogen and oxygen atoms in total. The molecule has 0 saturated carbocycles. The van der Waals surface area contributed by atoms with Crippen molar-refractivity contribution in [3.8, 4) is 0 Å². The summed E-state index contributed by atoms with van der Waals surface area (Å²) in [6, 6.07) is 6.87. The summed E-state index contributed by atoms with van der Waals surface area (Å²) in [7, 11) is -3.38. The van der Waals surface area contributed by atoms with E-state index in [0.717, 1.165) is 24.8 Å². The lowest BCUT2D eigenvalue weighted by molar-refractivity contribution is 0.261. The summed E-state index contributed by atoms with van der Waals surface area (Å²) in [5.74, 6) is 0.474. The molecule has 1 unspecified atom stereocenters. The Hall–Kier alpha value is -0.980. The molecular weight excluding hydrogens is 304 g/mol. The predicted molar refractivity (Wildman–Crippen MR) is 88.7 cm³/mol. The SMILES string of the molecule is CCC1CCCN(S(=O)(=O)c2ccc(CC(N)=S)cc2)C1. The molecule has 1 aromatic carbocycles. The topological polar surface area (TPSA) is 63.4 Å². The number of hydrogen-bond acceptors (Lipinski definition) is 3. The summed E-state index contributed by atoms with van der Waals surface area (Å²) < 4.78 is 26.9. The van der Waals surface area contributed by atoms with Gasteiger partial charge in [0, 0.05) is 19.5 Å². The molecule has 116 valence electrons. The molecule has 0 aliphatic carbocycles. The average Bonchev–Trinajstić information content (AvgIpc) is 2.47. The van der Waals surface area contributed by atoms with E-state index in [9.17, 15) is 8.42 Å². The maximum atomic E-state index is 12.7. The van der Waals surface area contributed by atoms with E-state index >= 15 is 0 Å². The Labute approximate surface area is 132 Å². The highest BCUT2D eigenvalue weighted by molar-refractivity contribution is 7.89. The molecule has 2 N–H and O–H groups in total. The molecule has 1 aromatic rings. The molecule has 2 rings (SSSR count). The molecule has 0 amide bonds. The summed E-state index contributed by atoms with van der Waals surface area (Å²) in [5.41, 5.74) is 6.44. The molecule has 1 aliphatic rings. The van der Waals surface area contributed by atoms with Gasteiger partial charge in [-0.05, 0) is 36.5 Å². The lowest BCUT2D eigenvalue weighted by Gasteiger charge is -2.31. The number of sulfonamides is 1. The van der Waals surface area contributed by atoms with Crippen LogP contribution >= 0.6 is 12.2 Å². The van der Waals surface area contributed by atoms with Crippen molar-refractivity contribution in [3.05, 3.63) is 29.8 Å². The molecule has 1 heterocycles. The molecule has 0 bridgehead atoms. The van der Waals surface area contributed by atoms with Crippen LogP contribution in [0, 0.1) is 5.92 Å². The van der Waals surface area contributed by atoms with Crippen molar-refractivity contribution in [3.63, 3.8) is 0 Å². The summed E-state index contributed by atoms with van der Waals surface area (Å²) >= 11 is 4.86. The Kier molecular flexibility index (Phi) is 5.35. The molecule has 1 fully saturated rings. The highest BCUT2D eigenvalue weighted by Crippen LogP contribution is 2.25. The van der Waals surface area contributed by atoms with Crippen LogP contribution in [0.5, 0.6) is 0 Å². The molecule has 0 spiro atoms. The van der Waals surface area contributed by atoms with Crippen LogP contribution in [0.4, 0.5) is 0 Å². The predicted octanol–water partition coefficient (Wildman–Crippen LogP) is 2.33. The molecule has 0 aromatic heterocycles. The third-order valence-electron chi connectivity index (χ3n) is 4.00. The largest absolute Gasteiger partial charge is 0.393 e. The maximum absolute atomic E-state index is 12.7. The Bertz CT molecular complexity index is 597. The molecule has 6 heteroatoms. The molecule has 1 aliphatic heterocycles. The lowest BCUT2D eigenvalue weighted by atomic mass is 9.97. The van der Waals surface area contributed by atoms with Gasteiger partial charge >= 0.3 is 0 Å². The minimum absolute atomic E-state index is 0.353. The number of hydrogen-bond donors (Lipinski definition) is 1. The van der Waals surface area contributed by atoms with Crippen LogP contribution in [-0.4, -0.2) is 30.8 Å². The first-order valence-electron chi connectivity index (χ1n) is 7.31. The van der Waals surface area contributed by atoms with Crippen LogP contribution in [0.15, 0.2) is 29.2 Å². The highest BCUT2D eigenvalue weighted by Gasteiger charge is 2.29. The quantitative estimate of drug-likeness (QED) is 0.844. The van der Waals surface area contributed by atoms with Crippen molar-refractivity contribution >= 4 is 27.2 Å². The van der Waals surface area contributed by atoms with E-state index in [1.54, 1.807) is 28.6 Å². The Morgan fingerprint density at radius 3 is 2.62 bits per heavy atom. The van der Waals surface area contributed by atoms with E-state index < -0.39 is 10.0 Å². The zero-order chi connectivity index (χ0) is 15.5. The van der Waals surface area contributed by atoms with Gasteiger partial charge in [-0.15, -0.1) is 0 Å². The summed E-state index contributed by atoms with van der Waals surface area (Å²) in [4.78, 5) is 0.762. The highest BCUT2D eigenvalue weighted by atomic mass is 32.2. The molecule has 0 radical (unpaired) electrons. The van der Waals surface area contributed by atoms with E-state index in [-0.39, 0.29) is 0 Å². The fourth-order valence-corrected chi connectivity index (χ4v) is 4.43. The second-order valence-corrected chi connectivity index (χ2v) is 8.03. The van der Waals surface area contributed by atoms with Gasteiger partial charge in [0.2, 0.25) is 10.0 Å². The van der Waals surface area contributed by atoms with E-state index in [2.05, 4.69) is 6.92 Å². The fourth-order valence-electron chi connectivity index (χ4n) is 2.71. The zero-order valence-electron chi connectivity index (χ0n) is 12.3. The summed E-state index contributed by atoms with van der Waals surface area (Å²) in [5, 5.41) is 0. The van der Waals surface area contributed by atoms with Gasteiger partial charge in [0.15, 0.2) is 0 Å². The summed E-state index contributed by atoms with van der Waals surface area (Å²) in [6.07, 6.45) is 3.59. The van der Waals surface area contributed by atoms with Crippen LogP contribution in [0.3, 0.4) is 0 Å². The normalized spacial score (nSPS) is 20.3. The van der Waals surface area contributed by atoms with E-state index in [0.29, 0.717) is 35.3 Å². The van der Waals surface area contributed by atoms with Crippen molar-refractivity contribution in [1.82, 2.24) is 4.31 Å². The second-order valence-electron chi connectivity index (χ2n) is 5.57. The van der Waals surface area contributed by atoms with Crippen molar-refractivity contribution < 1.29 is 8.42 Å². The first kappa shape index (κ1) is 16.4. The maximum Gasteiger partial charge on any atom is 0.243 e. The minimum Gasteiger partial charge on any atom is -0.393 e. The van der Waals surface area contributed by atoms with Crippen molar-refractivity contribution in [2.75, 3.05) is 13.1 Å². The zero-order valence-corrected chi connectivity index (χ0v) is 13.9. The standard InChI is InChI=1S/C15H22N2O2S2/c1-2-12-4-3-9-17(11-12)21(18,19)14-7-5-13(6-8-14)10-15(16)20/h5-8,12H,2-4,9-11H2,1H3,(H2,16,20). The fraction of sp³-hybridized carbons (Fsp3) is 0.533. The van der Waals surface area contributed by atoms with Gasteiger partial charge in [-0.3, -0.25) is 0 Å². The average molecular weight is 326 g/mol. The minimum atomic E-state index is -3.38. The number of nitrogens with two attached hydrogens (primary N) is 1. The van der Waals surface area contributed by atoms with Gasteiger partial charge in [-0.1, -0.05) is 37.7 Å². The van der Waals surface area contributed by atoms with Crippen LogP contribution in [0.25, 0.3) is 0 Å². The van der Waals surface area contributed by atoms with Gasteiger partial charge in [-0.25, -0.2) is 8.42 Å². The van der Waals surface area contributed by atoms with Gasteiger partial charge in [-0.2, -0.15) is 4.31 Å². The molecule has 1 saturated heterocycles. The number of rotatable bonds is 5. The third kappa shape index (κ3) is 4.02. The van der Waals surface area contributed by atoms with Crippen molar-refractivity contribution in [2.24, 2.45) is 11.7 Å². The first-order valence-corrected chi connectivity index (χ1v) is 9.15. The van der Waals surface area contributed by atoms with E-state index in [4.69, 9.17) is 18.0 Å². The van der Waals surface area contributed by atoms with Crippen LogP contribution in [0.2, 0.25) is 0 Å². The Morgan fingerprint density at radius 1 is 1.38 bits per heavy atom. The molecule has 1 atom stereocenters. The lowest BCUT2D eigenvalue weighted by Crippen LogP contribution is -2.39. The summed E-state index contributed by atoms with van der Waals surface area (Å²) in [6.45, 7) is 3.37. The van der Waals surface area contributed by atoms with Crippen LogP contribution in [-0.2, 0) is 16.4 Å². The van der Waals surface area contributed by atoms with Gasteiger partial charge in [0.1, 0.15) is 0 Å². The van der Waals surface area contributed by atoms with E-state index in [1.165, 1.54) is 0 Å². The Balaban J connectivity index is 2.17. The van der Waals surface area contributed by atoms with Gasteiger partial charge in [0.25, 0.3) is 0 Å². The monoisotopic (exact) mass is 326 g/mol. The van der Waals surface area contributed by atoms with Gasteiger partial charge in [0.05, 0.1) is 9.88 Å². The van der Waals surface area contributed by atoms with Gasteiger partial charge < -0.3 is 5.73 Å². The van der Waals surface area contributed by atoms with Crippen molar-refractivity contribution in [2.45, 2.75) is 37.5 Å². The third-order valence-corrected chi connectivity index (χ3v) is 6.02. The number of nitrogens with zero attached hydrogens (tertiary/aromatic N) is 1. The number of benzene rings is 1. The smallest absolute Gasteiger partial charge is 0.243 e. The molecule has 21 heavy (non-hydrogen) atoms. The second kappa shape index (κ2) is 6.85. The first-order chi connectivity index (χ1) is 9.93. The molecular formula is C15H22N2O2S2. The number of piperidine rings is 1. The van der Waals surface area contributed by atoms with Crippen molar-refractivity contribution in [1.29, 1.82) is 0 Å². The van der Waals surface area contributed by atoms with E-state index in [1.807, 2.05) is 0 Å². The van der Waals surface area contributed by atoms with Crippen LogP contribution < -0.4 is 5.73 Å². The van der Waals surface area contributed by atoms with Crippen LogP contribution in [0.1, 0.15) is 31.7 Å².